The molecule has 2 aromatic rings. The van der Waals surface area contributed by atoms with Crippen molar-refractivity contribution in [3.63, 3.8) is 0 Å². The molecule has 128 valence electrons. The van der Waals surface area contributed by atoms with Crippen LogP contribution in [0.25, 0.3) is 0 Å². The third-order valence-electron chi connectivity index (χ3n) is 3.80. The average molecular weight is 357 g/mol. The normalized spacial score (nSPS) is 12.4. The van der Waals surface area contributed by atoms with Gasteiger partial charge in [-0.15, -0.1) is 0 Å². The van der Waals surface area contributed by atoms with E-state index in [2.05, 4.69) is 5.32 Å². The zero-order chi connectivity index (χ0) is 17.8. The molecule has 1 aliphatic rings. The van der Waals surface area contributed by atoms with E-state index in [1.165, 1.54) is 29.8 Å². The Morgan fingerprint density at radius 1 is 1.24 bits per heavy atom. The quantitative estimate of drug-likeness (QED) is 0.514. The number of nitrogens with one attached hydrogen (secondary N) is 1. The number of amides is 1. The van der Waals surface area contributed by atoms with Crippen LogP contribution in [-0.2, 0) is 11.2 Å². The highest BCUT2D eigenvalue weighted by Crippen LogP contribution is 2.27. The fourth-order valence-electron chi connectivity index (χ4n) is 2.58. The van der Waals surface area contributed by atoms with Crippen LogP contribution in [-0.4, -0.2) is 29.1 Å². The Hall–Kier alpha value is -3.00. The highest BCUT2D eigenvalue weighted by atomic mass is 32.1. The van der Waals surface area contributed by atoms with Crippen molar-refractivity contribution >= 4 is 34.6 Å². The number of hydrogen-bond donors (Lipinski definition) is 1. The van der Waals surface area contributed by atoms with E-state index < -0.39 is 4.92 Å². The molecule has 0 radical (unpaired) electrons. The molecule has 25 heavy (non-hydrogen) atoms. The highest BCUT2D eigenvalue weighted by molar-refractivity contribution is 7.80. The lowest BCUT2D eigenvalue weighted by Crippen LogP contribution is -2.43. The summed E-state index contributed by atoms with van der Waals surface area (Å²) in [6, 6.07) is 13.4. The molecule has 7 nitrogen and oxygen atoms in total. The summed E-state index contributed by atoms with van der Waals surface area (Å²) in [4.78, 5) is 24.0. The molecule has 0 saturated heterocycles. The number of nitro benzene ring substituents is 1. The van der Waals surface area contributed by atoms with E-state index in [9.17, 15) is 14.9 Å². The first kappa shape index (κ1) is 16.8. The van der Waals surface area contributed by atoms with Crippen molar-refractivity contribution in [2.45, 2.75) is 6.42 Å². The molecule has 0 bridgehead atoms. The van der Waals surface area contributed by atoms with Gasteiger partial charge in [-0.05, 0) is 42.4 Å². The third-order valence-corrected chi connectivity index (χ3v) is 4.12. The number of anilines is 1. The first-order valence-corrected chi connectivity index (χ1v) is 8.02. The monoisotopic (exact) mass is 357 g/mol. The number of carbonyl (C=O) groups excluding carboxylic acids is 1. The Labute approximate surface area is 149 Å². The lowest BCUT2D eigenvalue weighted by atomic mass is 10.2. The van der Waals surface area contributed by atoms with Gasteiger partial charge in [-0.2, -0.15) is 0 Å². The topological polar surface area (TPSA) is 84.7 Å². The minimum Gasteiger partial charge on any atom is -0.484 e. The van der Waals surface area contributed by atoms with Gasteiger partial charge < -0.3 is 9.64 Å². The molecule has 0 atom stereocenters. The Kier molecular flexibility index (Phi) is 4.90. The minimum atomic E-state index is -0.497. The summed E-state index contributed by atoms with van der Waals surface area (Å²) in [5.41, 5.74) is 2.16. The Bertz CT molecular complexity index is 823. The van der Waals surface area contributed by atoms with Crippen LogP contribution >= 0.6 is 12.2 Å². The van der Waals surface area contributed by atoms with Crippen LogP contribution in [0.5, 0.6) is 5.75 Å². The molecule has 3 rings (SSSR count). The van der Waals surface area contributed by atoms with Crippen LogP contribution in [0.4, 0.5) is 11.4 Å². The smallest absolute Gasteiger partial charge is 0.269 e. The second-order valence-corrected chi connectivity index (χ2v) is 5.81. The van der Waals surface area contributed by atoms with Gasteiger partial charge >= 0.3 is 0 Å². The van der Waals surface area contributed by atoms with E-state index in [-0.39, 0.29) is 18.2 Å². The predicted molar refractivity (Wildman–Crippen MR) is 96.8 cm³/mol. The average Bonchev–Trinajstić information content (AvgIpc) is 3.04. The maximum atomic E-state index is 12.0. The number of nitrogens with zero attached hydrogens (tertiary/aromatic N) is 2. The van der Waals surface area contributed by atoms with Crippen molar-refractivity contribution in [2.75, 3.05) is 18.1 Å². The van der Waals surface area contributed by atoms with Crippen LogP contribution in [0.15, 0.2) is 48.5 Å². The minimum absolute atomic E-state index is 0.0364. The predicted octanol–water partition coefficient (Wildman–Crippen LogP) is 2.44. The van der Waals surface area contributed by atoms with Crippen LogP contribution in [0.2, 0.25) is 0 Å². The zero-order valence-corrected chi connectivity index (χ0v) is 14.0. The molecule has 0 fully saturated rings. The second kappa shape index (κ2) is 7.27. The van der Waals surface area contributed by atoms with Gasteiger partial charge in [0.25, 0.3) is 11.6 Å². The first-order chi connectivity index (χ1) is 12.0. The largest absolute Gasteiger partial charge is 0.484 e. The van der Waals surface area contributed by atoms with E-state index in [1.54, 1.807) is 0 Å². The van der Waals surface area contributed by atoms with Crippen molar-refractivity contribution in [1.29, 1.82) is 0 Å². The summed E-state index contributed by atoms with van der Waals surface area (Å²) in [6.45, 7) is 0.495. The molecule has 1 aliphatic heterocycles. The Morgan fingerprint density at radius 3 is 2.68 bits per heavy atom. The Morgan fingerprint density at radius 2 is 1.96 bits per heavy atom. The number of para-hydroxylation sites is 1. The molecule has 0 aliphatic carbocycles. The molecule has 0 unspecified atom stereocenters. The summed E-state index contributed by atoms with van der Waals surface area (Å²) >= 11 is 5.31. The zero-order valence-electron chi connectivity index (χ0n) is 13.2. The third kappa shape index (κ3) is 3.92. The molecule has 0 saturated carbocycles. The van der Waals surface area contributed by atoms with E-state index in [0.29, 0.717) is 10.9 Å². The summed E-state index contributed by atoms with van der Waals surface area (Å²) in [6.07, 6.45) is 0.880. The summed E-state index contributed by atoms with van der Waals surface area (Å²) in [5.74, 6) is -0.00841. The van der Waals surface area contributed by atoms with E-state index >= 15 is 0 Å². The molecule has 1 amide bonds. The SMILES string of the molecule is O=C(COc1ccc([N+](=O)[O-])cc1)NC(=S)N1CCc2ccccc21. The summed E-state index contributed by atoms with van der Waals surface area (Å²) in [7, 11) is 0. The Balaban J connectivity index is 1.53. The number of ether oxygens (including phenoxy) is 1. The van der Waals surface area contributed by atoms with Crippen molar-refractivity contribution < 1.29 is 14.5 Å². The van der Waals surface area contributed by atoms with Gasteiger partial charge in [-0.25, -0.2) is 0 Å². The molecular weight excluding hydrogens is 342 g/mol. The molecule has 0 aromatic heterocycles. The molecule has 0 spiro atoms. The number of benzene rings is 2. The maximum absolute atomic E-state index is 12.0. The number of fused-ring (bicyclic) bond motifs is 1. The van der Waals surface area contributed by atoms with Gasteiger partial charge in [0.05, 0.1) is 4.92 Å². The highest BCUT2D eigenvalue weighted by Gasteiger charge is 2.22. The van der Waals surface area contributed by atoms with Crippen molar-refractivity contribution in [3.8, 4) is 5.75 Å². The van der Waals surface area contributed by atoms with Gasteiger partial charge in [0.15, 0.2) is 11.7 Å². The van der Waals surface area contributed by atoms with Crippen molar-refractivity contribution in [3.05, 3.63) is 64.2 Å². The summed E-state index contributed by atoms with van der Waals surface area (Å²) in [5, 5.41) is 13.6. The molecular formula is C17H15N3O4S. The maximum Gasteiger partial charge on any atom is 0.269 e. The molecule has 8 heteroatoms. The van der Waals surface area contributed by atoms with Gasteiger partial charge in [0.1, 0.15) is 5.75 Å². The van der Waals surface area contributed by atoms with Crippen LogP contribution < -0.4 is 15.0 Å². The molecule has 1 N–H and O–H groups in total. The number of carbonyl (C=O) groups is 1. The molecule has 1 heterocycles. The van der Waals surface area contributed by atoms with Crippen LogP contribution in [0.3, 0.4) is 0 Å². The number of rotatable bonds is 4. The second-order valence-electron chi connectivity index (χ2n) is 5.42. The van der Waals surface area contributed by atoms with E-state index in [4.69, 9.17) is 17.0 Å². The standard InChI is InChI=1S/C17H15N3O4S/c21-16(11-24-14-7-5-13(6-8-14)20(22)23)18-17(25)19-10-9-12-3-1-2-4-15(12)19/h1-8H,9-11H2,(H,18,21,25). The fourth-order valence-corrected chi connectivity index (χ4v) is 2.89. The van der Waals surface area contributed by atoms with Gasteiger partial charge in [-0.3, -0.25) is 20.2 Å². The number of thiocarbonyl (C=S) groups is 1. The lowest BCUT2D eigenvalue weighted by molar-refractivity contribution is -0.384. The molecule has 2 aromatic carbocycles. The van der Waals surface area contributed by atoms with Gasteiger partial charge in [0, 0.05) is 24.4 Å². The number of hydrogen-bond acceptors (Lipinski definition) is 5. The van der Waals surface area contributed by atoms with Crippen LogP contribution in [0, 0.1) is 10.1 Å². The van der Waals surface area contributed by atoms with E-state index in [1.807, 2.05) is 29.2 Å². The number of non-ortho nitro benzene ring substituents is 1. The van der Waals surface area contributed by atoms with Crippen molar-refractivity contribution in [2.24, 2.45) is 0 Å². The van der Waals surface area contributed by atoms with Crippen LogP contribution in [0.1, 0.15) is 5.56 Å². The summed E-state index contributed by atoms with van der Waals surface area (Å²) < 4.78 is 5.32. The van der Waals surface area contributed by atoms with Gasteiger partial charge in [0.2, 0.25) is 0 Å². The fraction of sp³-hybridized carbons (Fsp3) is 0.176. The van der Waals surface area contributed by atoms with E-state index in [0.717, 1.165) is 18.7 Å². The van der Waals surface area contributed by atoms with Crippen molar-refractivity contribution in [1.82, 2.24) is 5.32 Å². The first-order valence-electron chi connectivity index (χ1n) is 7.61. The lowest BCUT2D eigenvalue weighted by Gasteiger charge is -2.20. The van der Waals surface area contributed by atoms with Gasteiger partial charge in [-0.1, -0.05) is 18.2 Å². The number of nitro groups is 1.